The lowest BCUT2D eigenvalue weighted by molar-refractivity contribution is 0.0453. The average molecular weight is 255 g/mol. The Bertz CT molecular complexity index is 225. The maximum Gasteiger partial charge on any atom is 0.0752 e. The van der Waals surface area contributed by atoms with Gasteiger partial charge in [0.05, 0.1) is 12.2 Å². The Kier molecular flexibility index (Phi) is 5.93. The number of methoxy groups -OCH3 is 1. The molecule has 0 aromatic carbocycles. The fourth-order valence-corrected chi connectivity index (χ4v) is 3.19. The van der Waals surface area contributed by atoms with E-state index in [1.54, 1.807) is 0 Å². The zero-order valence-electron chi connectivity index (χ0n) is 12.0. The third-order valence-electron chi connectivity index (χ3n) is 4.29. The number of rotatable bonds is 9. The van der Waals surface area contributed by atoms with Gasteiger partial charge in [-0.1, -0.05) is 6.92 Å². The van der Waals surface area contributed by atoms with Gasteiger partial charge in [-0.25, -0.2) is 0 Å². The van der Waals surface area contributed by atoms with E-state index in [1.165, 1.54) is 44.9 Å². The summed E-state index contributed by atoms with van der Waals surface area (Å²) in [6.07, 6.45) is 9.90. The molecule has 1 aliphatic heterocycles. The van der Waals surface area contributed by atoms with Crippen molar-refractivity contribution in [3.05, 3.63) is 0 Å². The lowest BCUT2D eigenvalue weighted by Gasteiger charge is -2.27. The first kappa shape index (κ1) is 14.3. The molecule has 2 aliphatic rings. The van der Waals surface area contributed by atoms with Crippen LogP contribution in [0.5, 0.6) is 0 Å². The topological polar surface area (TPSA) is 30.5 Å². The van der Waals surface area contributed by atoms with Gasteiger partial charge >= 0.3 is 0 Å². The van der Waals surface area contributed by atoms with Crippen molar-refractivity contribution in [1.82, 2.24) is 5.32 Å². The molecule has 1 saturated heterocycles. The van der Waals surface area contributed by atoms with Crippen LogP contribution in [0.1, 0.15) is 51.9 Å². The van der Waals surface area contributed by atoms with Crippen LogP contribution >= 0.6 is 0 Å². The highest BCUT2D eigenvalue weighted by Gasteiger charge is 2.36. The second-order valence-corrected chi connectivity index (χ2v) is 5.77. The molecule has 0 radical (unpaired) electrons. The van der Waals surface area contributed by atoms with E-state index in [0.717, 1.165) is 19.1 Å². The fourth-order valence-electron chi connectivity index (χ4n) is 3.19. The van der Waals surface area contributed by atoms with E-state index in [0.29, 0.717) is 18.2 Å². The van der Waals surface area contributed by atoms with Crippen LogP contribution in [0, 0.1) is 5.92 Å². The standard InChI is InChI=1S/C15H29NO2/c1-3-16-14(15(17-2)12-9-10-12)8-4-6-13-7-5-11-18-13/h12-16H,3-11H2,1-2H3. The molecule has 2 fully saturated rings. The summed E-state index contributed by atoms with van der Waals surface area (Å²) in [5, 5.41) is 3.61. The first-order chi connectivity index (χ1) is 8.85. The minimum absolute atomic E-state index is 0.425. The number of ether oxygens (including phenoxy) is 2. The molecule has 0 bridgehead atoms. The Morgan fingerprint density at radius 2 is 2.17 bits per heavy atom. The third kappa shape index (κ3) is 4.22. The molecule has 3 nitrogen and oxygen atoms in total. The number of nitrogens with one attached hydrogen (secondary N) is 1. The van der Waals surface area contributed by atoms with E-state index in [1.807, 2.05) is 7.11 Å². The highest BCUT2D eigenvalue weighted by Crippen LogP contribution is 2.36. The zero-order valence-corrected chi connectivity index (χ0v) is 12.0. The maximum atomic E-state index is 5.72. The van der Waals surface area contributed by atoms with E-state index >= 15 is 0 Å². The minimum Gasteiger partial charge on any atom is -0.380 e. The van der Waals surface area contributed by atoms with Crippen LogP contribution < -0.4 is 5.32 Å². The zero-order chi connectivity index (χ0) is 12.8. The molecule has 106 valence electrons. The first-order valence-corrected chi connectivity index (χ1v) is 7.73. The predicted octanol–water partition coefficient (Wildman–Crippen LogP) is 2.74. The van der Waals surface area contributed by atoms with Gasteiger partial charge in [0.1, 0.15) is 0 Å². The second-order valence-electron chi connectivity index (χ2n) is 5.77. The van der Waals surface area contributed by atoms with Crippen LogP contribution in [-0.2, 0) is 9.47 Å². The summed E-state index contributed by atoms with van der Waals surface area (Å²) in [7, 11) is 1.87. The van der Waals surface area contributed by atoms with Crippen LogP contribution in [0.2, 0.25) is 0 Å². The third-order valence-corrected chi connectivity index (χ3v) is 4.29. The van der Waals surface area contributed by atoms with Crippen molar-refractivity contribution in [2.45, 2.75) is 70.1 Å². The summed E-state index contributed by atoms with van der Waals surface area (Å²) in [5.41, 5.74) is 0. The van der Waals surface area contributed by atoms with Crippen molar-refractivity contribution in [1.29, 1.82) is 0 Å². The molecule has 2 rings (SSSR count). The largest absolute Gasteiger partial charge is 0.380 e. The molecule has 0 amide bonds. The normalized spacial score (nSPS) is 27.3. The van der Waals surface area contributed by atoms with Crippen LogP contribution in [0.3, 0.4) is 0 Å². The van der Waals surface area contributed by atoms with Crippen molar-refractivity contribution in [2.75, 3.05) is 20.3 Å². The number of hydrogen-bond acceptors (Lipinski definition) is 3. The molecule has 1 N–H and O–H groups in total. The minimum atomic E-state index is 0.425. The van der Waals surface area contributed by atoms with Gasteiger partial charge in [-0.05, 0) is 57.4 Å². The van der Waals surface area contributed by atoms with E-state index < -0.39 is 0 Å². The molecular weight excluding hydrogens is 226 g/mol. The van der Waals surface area contributed by atoms with Crippen LogP contribution in [0.15, 0.2) is 0 Å². The summed E-state index contributed by atoms with van der Waals surface area (Å²) in [4.78, 5) is 0. The molecule has 1 saturated carbocycles. The molecular formula is C15H29NO2. The SMILES string of the molecule is CCNC(CCCC1CCCO1)C(OC)C1CC1. The van der Waals surface area contributed by atoms with Gasteiger partial charge < -0.3 is 14.8 Å². The van der Waals surface area contributed by atoms with Gasteiger partial charge in [0, 0.05) is 19.8 Å². The van der Waals surface area contributed by atoms with Gasteiger partial charge in [-0.3, -0.25) is 0 Å². The quantitative estimate of drug-likeness (QED) is 0.687. The van der Waals surface area contributed by atoms with Crippen LogP contribution in [0.4, 0.5) is 0 Å². The van der Waals surface area contributed by atoms with Gasteiger partial charge in [0.25, 0.3) is 0 Å². The monoisotopic (exact) mass is 255 g/mol. The van der Waals surface area contributed by atoms with Crippen molar-refractivity contribution >= 4 is 0 Å². The highest BCUT2D eigenvalue weighted by molar-refractivity contribution is 4.90. The molecule has 3 unspecified atom stereocenters. The Morgan fingerprint density at radius 3 is 2.72 bits per heavy atom. The summed E-state index contributed by atoms with van der Waals surface area (Å²) >= 11 is 0. The molecule has 0 aromatic heterocycles. The fraction of sp³-hybridized carbons (Fsp3) is 1.00. The molecule has 18 heavy (non-hydrogen) atoms. The second kappa shape index (κ2) is 7.46. The van der Waals surface area contributed by atoms with E-state index in [2.05, 4.69) is 12.2 Å². The van der Waals surface area contributed by atoms with Gasteiger partial charge in [0.2, 0.25) is 0 Å². The first-order valence-electron chi connectivity index (χ1n) is 7.73. The smallest absolute Gasteiger partial charge is 0.0752 e. The van der Waals surface area contributed by atoms with E-state index in [-0.39, 0.29) is 0 Å². The van der Waals surface area contributed by atoms with Crippen molar-refractivity contribution in [3.8, 4) is 0 Å². The highest BCUT2D eigenvalue weighted by atomic mass is 16.5. The van der Waals surface area contributed by atoms with Gasteiger partial charge in [0.15, 0.2) is 0 Å². The summed E-state index contributed by atoms with van der Waals surface area (Å²) < 4.78 is 11.4. The summed E-state index contributed by atoms with van der Waals surface area (Å²) in [6, 6.07) is 0.536. The Balaban J connectivity index is 1.70. The van der Waals surface area contributed by atoms with Crippen LogP contribution in [-0.4, -0.2) is 38.5 Å². The van der Waals surface area contributed by atoms with Gasteiger partial charge in [-0.15, -0.1) is 0 Å². The van der Waals surface area contributed by atoms with Gasteiger partial charge in [-0.2, -0.15) is 0 Å². The van der Waals surface area contributed by atoms with E-state index in [9.17, 15) is 0 Å². The molecule has 1 heterocycles. The van der Waals surface area contributed by atoms with Crippen LogP contribution in [0.25, 0.3) is 0 Å². The lowest BCUT2D eigenvalue weighted by Crippen LogP contribution is -2.42. The van der Waals surface area contributed by atoms with E-state index in [4.69, 9.17) is 9.47 Å². The Hall–Kier alpha value is -0.120. The molecule has 3 heteroatoms. The number of hydrogen-bond donors (Lipinski definition) is 1. The lowest BCUT2D eigenvalue weighted by atomic mass is 9.98. The summed E-state index contributed by atoms with van der Waals surface area (Å²) in [6.45, 7) is 4.20. The molecule has 3 atom stereocenters. The summed E-state index contributed by atoms with van der Waals surface area (Å²) in [5.74, 6) is 0.807. The molecule has 1 aliphatic carbocycles. The van der Waals surface area contributed by atoms with Crippen molar-refractivity contribution in [3.63, 3.8) is 0 Å². The Labute approximate surface area is 112 Å². The van der Waals surface area contributed by atoms with Crippen molar-refractivity contribution in [2.24, 2.45) is 5.92 Å². The average Bonchev–Trinajstić information content (AvgIpc) is 3.06. The molecule has 0 spiro atoms. The number of likely N-dealkylation sites (N-methyl/N-ethyl adjacent to an activating group) is 1. The predicted molar refractivity (Wildman–Crippen MR) is 73.8 cm³/mol. The Morgan fingerprint density at radius 1 is 1.33 bits per heavy atom. The van der Waals surface area contributed by atoms with Crippen molar-refractivity contribution < 1.29 is 9.47 Å². The maximum absolute atomic E-state index is 5.72. The molecule has 0 aromatic rings.